The summed E-state index contributed by atoms with van der Waals surface area (Å²) in [4.78, 5) is 42.9. The Morgan fingerprint density at radius 3 is 2.55 bits per heavy atom. The number of amides is 3. The zero-order chi connectivity index (χ0) is 29.7. The third kappa shape index (κ3) is 5.94. The van der Waals surface area contributed by atoms with Crippen LogP contribution < -0.4 is 20.9 Å². The smallest absolute Gasteiger partial charge is 0.340 e. The molecule has 0 radical (unpaired) electrons. The van der Waals surface area contributed by atoms with Gasteiger partial charge in [-0.05, 0) is 60.4 Å². The van der Waals surface area contributed by atoms with Gasteiger partial charge in [0.15, 0.2) is 11.5 Å². The molecule has 0 aliphatic carbocycles. The number of hydrogen-bond donors (Lipinski definition) is 5. The normalized spacial score (nSPS) is 12.7. The zero-order valence-electron chi connectivity index (χ0n) is 24.3. The fraction of sp³-hybridized carbons (Fsp3) is 0.281. The highest BCUT2D eigenvalue weighted by molar-refractivity contribution is 5.91. The van der Waals surface area contributed by atoms with Crippen molar-refractivity contribution in [3.8, 4) is 17.0 Å². The lowest BCUT2D eigenvalue weighted by molar-refractivity contribution is -0.123. The molecular weight excluding hydrogens is 532 g/mol. The van der Waals surface area contributed by atoms with Gasteiger partial charge in [0.1, 0.15) is 5.75 Å². The standard InChI is InChI=1S/C32H36N6O4/c1-5-6-15-32(37-31(40)38-42-4,30-33-19-28(35-30)23-12-11-21-9-7-8-10-22(21)16-23)36-29(39)18-25-20(2)34-27-14-13-24(41-3)17-26(25)27/h7-14,16-17,19,34H,5-6,15,18H2,1-4H3,(H,33,35)(H,36,39)(H2,37,38,40)/t32-/m0/s1. The van der Waals surface area contributed by atoms with Crippen molar-refractivity contribution in [3.05, 3.63) is 83.9 Å². The molecule has 1 atom stereocenters. The van der Waals surface area contributed by atoms with E-state index in [1.807, 2.05) is 50.2 Å². The third-order valence-corrected chi connectivity index (χ3v) is 7.48. The summed E-state index contributed by atoms with van der Waals surface area (Å²) in [5, 5.41) is 9.18. The van der Waals surface area contributed by atoms with Crippen molar-refractivity contribution < 1.29 is 19.2 Å². The van der Waals surface area contributed by atoms with Crippen molar-refractivity contribution in [2.75, 3.05) is 14.2 Å². The summed E-state index contributed by atoms with van der Waals surface area (Å²) in [5.74, 6) is 0.838. The number of nitrogens with one attached hydrogen (secondary N) is 5. The van der Waals surface area contributed by atoms with Crippen molar-refractivity contribution in [2.45, 2.75) is 45.2 Å². The van der Waals surface area contributed by atoms with Gasteiger partial charge in [-0.2, -0.15) is 0 Å². The molecule has 0 spiro atoms. The fourth-order valence-corrected chi connectivity index (χ4v) is 5.35. The van der Waals surface area contributed by atoms with E-state index in [0.29, 0.717) is 24.4 Å². The predicted molar refractivity (Wildman–Crippen MR) is 163 cm³/mol. The largest absolute Gasteiger partial charge is 0.497 e. The number of carbonyl (C=O) groups excluding carboxylic acids is 2. The van der Waals surface area contributed by atoms with E-state index in [9.17, 15) is 9.59 Å². The van der Waals surface area contributed by atoms with Crippen LogP contribution in [0.25, 0.3) is 32.9 Å². The van der Waals surface area contributed by atoms with Crippen LogP contribution in [-0.4, -0.2) is 41.1 Å². The molecule has 0 bridgehead atoms. The highest BCUT2D eigenvalue weighted by atomic mass is 16.6. The number of benzene rings is 3. The van der Waals surface area contributed by atoms with Crippen LogP contribution in [0.2, 0.25) is 0 Å². The summed E-state index contributed by atoms with van der Waals surface area (Å²) in [5.41, 5.74) is 5.33. The van der Waals surface area contributed by atoms with Crippen LogP contribution >= 0.6 is 0 Å². The molecule has 10 nitrogen and oxygen atoms in total. The van der Waals surface area contributed by atoms with E-state index in [0.717, 1.165) is 50.6 Å². The fourth-order valence-electron chi connectivity index (χ4n) is 5.35. The molecule has 0 aliphatic heterocycles. The van der Waals surface area contributed by atoms with Gasteiger partial charge < -0.3 is 25.3 Å². The van der Waals surface area contributed by atoms with Gasteiger partial charge in [-0.25, -0.2) is 15.3 Å². The average molecular weight is 569 g/mol. The minimum atomic E-state index is -1.33. The monoisotopic (exact) mass is 568 g/mol. The van der Waals surface area contributed by atoms with Crippen LogP contribution in [0, 0.1) is 6.92 Å². The lowest BCUT2D eigenvalue weighted by atomic mass is 9.99. The Morgan fingerprint density at radius 1 is 0.976 bits per heavy atom. The molecule has 0 fully saturated rings. The summed E-state index contributed by atoms with van der Waals surface area (Å²) in [7, 11) is 2.96. The van der Waals surface area contributed by atoms with E-state index in [1.165, 1.54) is 7.11 Å². The first-order valence-electron chi connectivity index (χ1n) is 14.0. The van der Waals surface area contributed by atoms with Gasteiger partial charge in [0, 0.05) is 22.2 Å². The molecular formula is C32H36N6O4. The van der Waals surface area contributed by atoms with Gasteiger partial charge in [0.05, 0.1) is 32.5 Å². The molecule has 10 heteroatoms. The van der Waals surface area contributed by atoms with E-state index in [4.69, 9.17) is 9.57 Å². The Labute approximate surface area is 244 Å². The summed E-state index contributed by atoms with van der Waals surface area (Å²) in [6.45, 7) is 3.99. The molecule has 2 heterocycles. The number of carbonyl (C=O) groups is 2. The van der Waals surface area contributed by atoms with E-state index in [1.54, 1.807) is 13.3 Å². The summed E-state index contributed by atoms with van der Waals surface area (Å²) in [6.07, 6.45) is 3.75. The number of hydrogen-bond acceptors (Lipinski definition) is 5. The molecule has 0 saturated heterocycles. The van der Waals surface area contributed by atoms with Crippen LogP contribution in [0.5, 0.6) is 5.75 Å². The van der Waals surface area contributed by atoms with Crippen LogP contribution in [0.1, 0.15) is 43.3 Å². The second-order valence-corrected chi connectivity index (χ2v) is 10.3. The molecule has 5 aromatic rings. The number of nitrogens with zero attached hydrogens (tertiary/aromatic N) is 1. The number of aromatic amines is 2. The Hall–Kier alpha value is -4.83. The summed E-state index contributed by atoms with van der Waals surface area (Å²) < 4.78 is 5.41. The summed E-state index contributed by atoms with van der Waals surface area (Å²) in [6, 6.07) is 19.4. The Morgan fingerprint density at radius 2 is 1.79 bits per heavy atom. The van der Waals surface area contributed by atoms with Crippen LogP contribution in [0.3, 0.4) is 0 Å². The lowest BCUT2D eigenvalue weighted by Gasteiger charge is -2.34. The molecule has 5 rings (SSSR count). The van der Waals surface area contributed by atoms with Crippen LogP contribution in [0.15, 0.2) is 66.9 Å². The van der Waals surface area contributed by atoms with Crippen molar-refractivity contribution in [2.24, 2.45) is 0 Å². The Balaban J connectivity index is 1.51. The first-order valence-corrected chi connectivity index (χ1v) is 14.0. The quantitative estimate of drug-likeness (QED) is 0.105. The maximum atomic E-state index is 13.8. The highest BCUT2D eigenvalue weighted by Crippen LogP contribution is 2.30. The molecule has 0 saturated carbocycles. The van der Waals surface area contributed by atoms with Gasteiger partial charge >= 0.3 is 6.03 Å². The SMILES string of the molecule is CCCC[C@](NC(=O)Cc1c(C)[nH]c2ccc(OC)cc12)(NC(=O)NOC)c1ncc(-c2ccc3ccccc3c2)[nH]1. The molecule has 0 unspecified atom stereocenters. The number of aryl methyl sites for hydroxylation is 1. The van der Waals surface area contributed by atoms with Gasteiger partial charge in [-0.1, -0.05) is 49.7 Å². The Bertz CT molecular complexity index is 1720. The molecule has 42 heavy (non-hydrogen) atoms. The van der Waals surface area contributed by atoms with E-state index in [2.05, 4.69) is 55.3 Å². The number of rotatable bonds is 11. The highest BCUT2D eigenvalue weighted by Gasteiger charge is 2.38. The summed E-state index contributed by atoms with van der Waals surface area (Å²) >= 11 is 0. The number of unbranched alkanes of at least 4 members (excludes halogenated alkanes) is 1. The topological polar surface area (TPSA) is 133 Å². The van der Waals surface area contributed by atoms with Gasteiger partial charge in [0.25, 0.3) is 0 Å². The van der Waals surface area contributed by atoms with Gasteiger partial charge in [-0.3, -0.25) is 9.63 Å². The van der Waals surface area contributed by atoms with Crippen molar-refractivity contribution in [3.63, 3.8) is 0 Å². The average Bonchev–Trinajstić information content (AvgIpc) is 3.61. The van der Waals surface area contributed by atoms with Crippen LogP contribution in [0.4, 0.5) is 4.79 Å². The number of H-pyrrole nitrogens is 2. The minimum Gasteiger partial charge on any atom is -0.497 e. The lowest BCUT2D eigenvalue weighted by Crippen LogP contribution is -2.60. The van der Waals surface area contributed by atoms with E-state index >= 15 is 0 Å². The second-order valence-electron chi connectivity index (χ2n) is 10.3. The van der Waals surface area contributed by atoms with Crippen molar-refractivity contribution >= 4 is 33.6 Å². The molecule has 2 aromatic heterocycles. The van der Waals surface area contributed by atoms with Gasteiger partial charge in [0.2, 0.25) is 5.91 Å². The second kappa shape index (κ2) is 12.4. The first-order chi connectivity index (χ1) is 20.4. The Kier molecular flexibility index (Phi) is 8.44. The molecule has 5 N–H and O–H groups in total. The van der Waals surface area contributed by atoms with Crippen molar-refractivity contribution in [1.82, 2.24) is 31.1 Å². The number of aromatic nitrogens is 3. The zero-order valence-corrected chi connectivity index (χ0v) is 24.3. The van der Waals surface area contributed by atoms with Crippen LogP contribution in [-0.2, 0) is 21.7 Å². The number of imidazole rings is 1. The maximum absolute atomic E-state index is 13.8. The molecule has 3 aromatic carbocycles. The number of hydroxylamine groups is 1. The molecule has 0 aliphatic rings. The van der Waals surface area contributed by atoms with E-state index in [-0.39, 0.29) is 12.3 Å². The minimum absolute atomic E-state index is 0.0820. The maximum Gasteiger partial charge on any atom is 0.340 e. The molecule has 3 amide bonds. The third-order valence-electron chi connectivity index (χ3n) is 7.48. The van der Waals surface area contributed by atoms with Gasteiger partial charge in [-0.15, -0.1) is 0 Å². The van der Waals surface area contributed by atoms with E-state index < -0.39 is 11.7 Å². The molecule has 218 valence electrons. The predicted octanol–water partition coefficient (Wildman–Crippen LogP) is 5.59. The number of ether oxygens (including phenoxy) is 1. The number of fused-ring (bicyclic) bond motifs is 2. The number of urea groups is 1. The van der Waals surface area contributed by atoms with Crippen molar-refractivity contribution in [1.29, 1.82) is 0 Å². The number of methoxy groups -OCH3 is 1. The first kappa shape index (κ1) is 28.7.